The van der Waals surface area contributed by atoms with Gasteiger partial charge in [0.15, 0.2) is 5.96 Å². The molecule has 1 aromatic rings. The van der Waals surface area contributed by atoms with Crippen LogP contribution in [0, 0.1) is 0 Å². The Bertz CT molecular complexity index is 546. The molecule has 0 aliphatic carbocycles. The molecule has 0 unspecified atom stereocenters. The van der Waals surface area contributed by atoms with Gasteiger partial charge in [-0.3, -0.25) is 4.99 Å². The van der Waals surface area contributed by atoms with Gasteiger partial charge >= 0.3 is 6.09 Å². The summed E-state index contributed by atoms with van der Waals surface area (Å²) in [4.78, 5) is 20.1. The quantitative estimate of drug-likeness (QED) is 0.395. The number of guanidine groups is 1. The van der Waals surface area contributed by atoms with E-state index in [9.17, 15) is 4.79 Å². The van der Waals surface area contributed by atoms with Crippen LogP contribution in [0.5, 0.6) is 0 Å². The fourth-order valence-electron chi connectivity index (χ4n) is 2.04. The third kappa shape index (κ3) is 9.59. The highest BCUT2D eigenvalue weighted by Crippen LogP contribution is 2.09. The zero-order valence-corrected chi connectivity index (χ0v) is 16.2. The van der Waals surface area contributed by atoms with Gasteiger partial charge in [0.2, 0.25) is 0 Å². The SMILES string of the molecule is CN=C(NCCCn1ccnc1)NCC(C)(C)NC(=O)OC(C)(C)C. The average molecular weight is 352 g/mol. The highest BCUT2D eigenvalue weighted by Gasteiger charge is 2.24. The molecule has 3 N–H and O–H groups in total. The maximum Gasteiger partial charge on any atom is 0.408 e. The van der Waals surface area contributed by atoms with Crippen molar-refractivity contribution in [2.24, 2.45) is 4.99 Å². The van der Waals surface area contributed by atoms with Gasteiger partial charge in [0.1, 0.15) is 5.60 Å². The maximum absolute atomic E-state index is 11.9. The number of hydrogen-bond donors (Lipinski definition) is 3. The number of carbonyl (C=O) groups excluding carboxylic acids is 1. The second-order valence-electron chi connectivity index (χ2n) is 7.52. The van der Waals surface area contributed by atoms with Gasteiger partial charge in [0.25, 0.3) is 0 Å². The summed E-state index contributed by atoms with van der Waals surface area (Å²) in [5.74, 6) is 0.699. The number of aliphatic imine (C=N–C) groups is 1. The van der Waals surface area contributed by atoms with E-state index in [1.807, 2.05) is 45.4 Å². The van der Waals surface area contributed by atoms with Crippen molar-refractivity contribution in [3.05, 3.63) is 18.7 Å². The number of ether oxygens (including phenoxy) is 1. The molecule has 0 aromatic carbocycles. The number of aromatic nitrogens is 2. The van der Waals surface area contributed by atoms with Crippen LogP contribution in [0.4, 0.5) is 4.79 Å². The van der Waals surface area contributed by atoms with Crippen molar-refractivity contribution in [1.82, 2.24) is 25.5 Å². The van der Waals surface area contributed by atoms with Gasteiger partial charge in [0, 0.05) is 39.1 Å². The fourth-order valence-corrected chi connectivity index (χ4v) is 2.04. The predicted molar refractivity (Wildman–Crippen MR) is 99.7 cm³/mol. The minimum atomic E-state index is -0.513. The lowest BCUT2D eigenvalue weighted by Crippen LogP contribution is -2.54. The van der Waals surface area contributed by atoms with E-state index >= 15 is 0 Å². The second-order valence-corrected chi connectivity index (χ2v) is 7.52. The third-order valence-electron chi connectivity index (χ3n) is 3.21. The molecule has 0 spiro atoms. The molecule has 0 aliphatic heterocycles. The number of rotatable bonds is 7. The van der Waals surface area contributed by atoms with Gasteiger partial charge in [-0.15, -0.1) is 0 Å². The zero-order valence-electron chi connectivity index (χ0n) is 16.2. The van der Waals surface area contributed by atoms with Crippen molar-refractivity contribution >= 4 is 12.1 Å². The molecule has 8 nitrogen and oxygen atoms in total. The Morgan fingerprint density at radius 2 is 1.96 bits per heavy atom. The summed E-state index contributed by atoms with van der Waals surface area (Å²) in [5, 5.41) is 9.34. The van der Waals surface area contributed by atoms with Crippen LogP contribution < -0.4 is 16.0 Å². The Morgan fingerprint density at radius 3 is 2.52 bits per heavy atom. The van der Waals surface area contributed by atoms with Gasteiger partial charge in [-0.2, -0.15) is 0 Å². The topological polar surface area (TPSA) is 92.6 Å². The first kappa shape index (κ1) is 20.8. The summed E-state index contributed by atoms with van der Waals surface area (Å²) in [6.07, 6.45) is 6.04. The summed E-state index contributed by atoms with van der Waals surface area (Å²) in [6.45, 7) is 11.6. The molecular formula is C17H32N6O2. The van der Waals surface area contributed by atoms with Crippen LogP contribution in [-0.4, -0.2) is 52.9 Å². The Hall–Kier alpha value is -2.25. The van der Waals surface area contributed by atoms with E-state index in [1.165, 1.54) is 0 Å². The maximum atomic E-state index is 11.9. The van der Waals surface area contributed by atoms with E-state index in [4.69, 9.17) is 4.74 Å². The molecule has 0 saturated carbocycles. The second kappa shape index (κ2) is 9.29. The van der Waals surface area contributed by atoms with E-state index in [2.05, 4.69) is 25.9 Å². The van der Waals surface area contributed by atoms with Crippen molar-refractivity contribution in [2.75, 3.05) is 20.1 Å². The number of imidazole rings is 1. The third-order valence-corrected chi connectivity index (χ3v) is 3.21. The Kier molecular flexibility index (Phi) is 7.73. The Morgan fingerprint density at radius 1 is 1.24 bits per heavy atom. The molecule has 0 saturated heterocycles. The summed E-state index contributed by atoms with van der Waals surface area (Å²) in [6, 6.07) is 0. The van der Waals surface area contributed by atoms with E-state index < -0.39 is 17.2 Å². The van der Waals surface area contributed by atoms with Crippen molar-refractivity contribution in [1.29, 1.82) is 0 Å². The van der Waals surface area contributed by atoms with E-state index in [0.717, 1.165) is 19.5 Å². The van der Waals surface area contributed by atoms with E-state index in [0.29, 0.717) is 12.5 Å². The highest BCUT2D eigenvalue weighted by atomic mass is 16.6. The first-order chi connectivity index (χ1) is 11.6. The lowest BCUT2D eigenvalue weighted by Gasteiger charge is -2.29. The van der Waals surface area contributed by atoms with Gasteiger partial charge in [-0.1, -0.05) is 0 Å². The first-order valence-corrected chi connectivity index (χ1v) is 8.53. The number of aryl methyl sites for hydroxylation is 1. The molecule has 142 valence electrons. The molecule has 0 radical (unpaired) electrons. The largest absolute Gasteiger partial charge is 0.444 e. The van der Waals surface area contributed by atoms with Crippen LogP contribution in [0.3, 0.4) is 0 Å². The highest BCUT2D eigenvalue weighted by molar-refractivity contribution is 5.79. The summed E-state index contributed by atoms with van der Waals surface area (Å²) < 4.78 is 7.32. The van der Waals surface area contributed by atoms with Crippen molar-refractivity contribution in [3.8, 4) is 0 Å². The minimum Gasteiger partial charge on any atom is -0.444 e. The molecule has 1 aromatic heterocycles. The number of alkyl carbamates (subject to hydrolysis) is 1. The Labute approximate surface area is 150 Å². The number of hydrogen-bond acceptors (Lipinski definition) is 4. The molecule has 1 amide bonds. The van der Waals surface area contributed by atoms with Crippen LogP contribution in [0.15, 0.2) is 23.7 Å². The van der Waals surface area contributed by atoms with Crippen LogP contribution in [0.2, 0.25) is 0 Å². The van der Waals surface area contributed by atoms with Crippen molar-refractivity contribution in [2.45, 2.75) is 58.7 Å². The standard InChI is InChI=1S/C17H32N6O2/c1-16(2,3)25-15(24)22-17(4,5)12-21-14(18-6)20-8-7-10-23-11-9-19-13-23/h9,11,13H,7-8,10,12H2,1-6H3,(H,22,24)(H2,18,20,21). The normalized spacial score (nSPS) is 12.6. The monoisotopic (exact) mass is 352 g/mol. The summed E-state index contributed by atoms with van der Waals surface area (Å²) >= 11 is 0. The molecule has 0 fully saturated rings. The van der Waals surface area contributed by atoms with Gasteiger partial charge in [-0.25, -0.2) is 9.78 Å². The number of amides is 1. The molecule has 0 aliphatic rings. The van der Waals surface area contributed by atoms with Gasteiger partial charge in [-0.05, 0) is 41.0 Å². The lowest BCUT2D eigenvalue weighted by molar-refractivity contribution is 0.0474. The smallest absolute Gasteiger partial charge is 0.408 e. The average Bonchev–Trinajstić information content (AvgIpc) is 2.97. The Balaban J connectivity index is 2.30. The molecule has 1 rings (SSSR count). The molecule has 8 heteroatoms. The number of carbonyl (C=O) groups is 1. The summed E-state index contributed by atoms with van der Waals surface area (Å²) in [5.41, 5.74) is -0.989. The van der Waals surface area contributed by atoms with Crippen molar-refractivity contribution < 1.29 is 9.53 Å². The summed E-state index contributed by atoms with van der Waals surface area (Å²) in [7, 11) is 1.72. The zero-order chi connectivity index (χ0) is 18.9. The van der Waals surface area contributed by atoms with Crippen molar-refractivity contribution in [3.63, 3.8) is 0 Å². The molecule has 0 atom stereocenters. The first-order valence-electron chi connectivity index (χ1n) is 8.53. The molecule has 25 heavy (non-hydrogen) atoms. The molecule has 1 heterocycles. The van der Waals surface area contributed by atoms with E-state index in [1.54, 1.807) is 19.6 Å². The number of nitrogens with one attached hydrogen (secondary N) is 3. The number of nitrogens with zero attached hydrogens (tertiary/aromatic N) is 3. The van der Waals surface area contributed by atoms with Gasteiger partial charge in [0.05, 0.1) is 11.9 Å². The molecular weight excluding hydrogens is 320 g/mol. The van der Waals surface area contributed by atoms with Gasteiger partial charge < -0.3 is 25.3 Å². The van der Waals surface area contributed by atoms with Crippen LogP contribution >= 0.6 is 0 Å². The van der Waals surface area contributed by atoms with E-state index in [-0.39, 0.29) is 0 Å². The predicted octanol–water partition coefficient (Wildman–Crippen LogP) is 1.74. The molecule has 0 bridgehead atoms. The van der Waals surface area contributed by atoms with Crippen LogP contribution in [0.1, 0.15) is 41.0 Å². The van der Waals surface area contributed by atoms with Crippen LogP contribution in [-0.2, 0) is 11.3 Å². The van der Waals surface area contributed by atoms with Crippen LogP contribution in [0.25, 0.3) is 0 Å². The minimum absolute atomic E-state index is 0.428. The lowest BCUT2D eigenvalue weighted by atomic mass is 10.1. The fraction of sp³-hybridized carbons (Fsp3) is 0.706.